The van der Waals surface area contributed by atoms with Crippen LogP contribution in [0.25, 0.3) is 11.0 Å². The van der Waals surface area contributed by atoms with Crippen molar-refractivity contribution in [2.24, 2.45) is 0 Å². The number of nitriles is 1. The van der Waals surface area contributed by atoms with Crippen LogP contribution in [0.2, 0.25) is 0 Å². The molecule has 2 aromatic rings. The molecular weight excluding hydrogens is 228 g/mol. The highest BCUT2D eigenvalue weighted by atomic mass is 32.2. The molecule has 0 bridgehead atoms. The Hall–Kier alpha value is -2.07. The maximum Gasteiger partial charge on any atom is 0.248 e. The van der Waals surface area contributed by atoms with Crippen molar-refractivity contribution in [1.82, 2.24) is 9.97 Å². The maximum atomic E-state index is 11.3. The molecule has 2 rings (SSSR count). The Balaban J connectivity index is 2.33. The molecule has 7 heteroatoms. The lowest BCUT2D eigenvalue weighted by atomic mass is 10.3. The summed E-state index contributed by atoms with van der Waals surface area (Å²) < 4.78 is 24.8. The minimum absolute atomic E-state index is 0.122. The molecule has 16 heavy (non-hydrogen) atoms. The fourth-order valence-corrected chi connectivity index (χ4v) is 1.90. The number of anilines is 1. The van der Waals surface area contributed by atoms with Gasteiger partial charge in [-0.05, 0) is 12.1 Å². The van der Waals surface area contributed by atoms with Crippen LogP contribution in [0, 0.1) is 11.3 Å². The second-order valence-electron chi connectivity index (χ2n) is 3.12. The smallest absolute Gasteiger partial charge is 0.248 e. The largest absolute Gasteiger partial charge is 0.323 e. The van der Waals surface area contributed by atoms with E-state index >= 15 is 0 Å². The number of para-hydroxylation sites is 2. The number of nitrogens with zero attached hydrogens (tertiary/aromatic N) is 2. The van der Waals surface area contributed by atoms with Gasteiger partial charge in [-0.2, -0.15) is 5.26 Å². The van der Waals surface area contributed by atoms with Gasteiger partial charge >= 0.3 is 0 Å². The van der Waals surface area contributed by atoms with Gasteiger partial charge in [-0.3, -0.25) is 4.72 Å². The number of aromatic amines is 1. The predicted molar refractivity (Wildman–Crippen MR) is 59.1 cm³/mol. The van der Waals surface area contributed by atoms with E-state index < -0.39 is 15.8 Å². The summed E-state index contributed by atoms with van der Waals surface area (Å²) in [6.07, 6.45) is 0. The van der Waals surface area contributed by atoms with Crippen molar-refractivity contribution in [1.29, 1.82) is 5.26 Å². The van der Waals surface area contributed by atoms with Crippen molar-refractivity contribution in [3.63, 3.8) is 0 Å². The molecule has 1 aromatic carbocycles. The molecule has 0 spiro atoms. The summed E-state index contributed by atoms with van der Waals surface area (Å²) in [5.41, 5.74) is 1.40. The van der Waals surface area contributed by atoms with Gasteiger partial charge in [-0.25, -0.2) is 13.4 Å². The van der Waals surface area contributed by atoms with E-state index in [0.29, 0.717) is 5.52 Å². The third kappa shape index (κ3) is 2.12. The van der Waals surface area contributed by atoms with Crippen LogP contribution >= 0.6 is 0 Å². The van der Waals surface area contributed by atoms with Crippen LogP contribution in [0.4, 0.5) is 5.95 Å². The number of aromatic nitrogens is 2. The number of H-pyrrole nitrogens is 1. The van der Waals surface area contributed by atoms with Gasteiger partial charge in [0.1, 0.15) is 0 Å². The topological polar surface area (TPSA) is 98.6 Å². The number of fused-ring (bicyclic) bond motifs is 1. The molecular formula is C9H8N4O2S. The molecule has 2 N–H and O–H groups in total. The highest BCUT2D eigenvalue weighted by molar-refractivity contribution is 7.92. The van der Waals surface area contributed by atoms with Crippen LogP contribution in [-0.4, -0.2) is 24.1 Å². The van der Waals surface area contributed by atoms with Crippen LogP contribution in [0.3, 0.4) is 0 Å². The summed E-state index contributed by atoms with van der Waals surface area (Å²) in [7, 11) is -3.64. The number of imidazole rings is 1. The normalized spacial score (nSPS) is 11.2. The Morgan fingerprint density at radius 3 is 2.88 bits per heavy atom. The average Bonchev–Trinajstić information content (AvgIpc) is 2.58. The van der Waals surface area contributed by atoms with Crippen LogP contribution < -0.4 is 4.72 Å². The fourth-order valence-electron chi connectivity index (χ4n) is 1.27. The van der Waals surface area contributed by atoms with Gasteiger partial charge in [0.15, 0.2) is 5.75 Å². The Kier molecular flexibility index (Phi) is 2.50. The third-order valence-corrected chi connectivity index (χ3v) is 2.91. The molecule has 0 unspecified atom stereocenters. The fraction of sp³-hybridized carbons (Fsp3) is 0.111. The van der Waals surface area contributed by atoms with Gasteiger partial charge in [0.25, 0.3) is 0 Å². The van der Waals surface area contributed by atoms with Crippen LogP contribution in [0.1, 0.15) is 0 Å². The zero-order chi connectivity index (χ0) is 11.6. The van der Waals surface area contributed by atoms with E-state index in [4.69, 9.17) is 5.26 Å². The van der Waals surface area contributed by atoms with E-state index in [1.807, 2.05) is 6.07 Å². The zero-order valence-corrected chi connectivity index (χ0v) is 8.95. The zero-order valence-electron chi connectivity index (χ0n) is 8.14. The number of hydrogen-bond acceptors (Lipinski definition) is 4. The average molecular weight is 236 g/mol. The molecule has 0 fully saturated rings. The molecule has 0 radical (unpaired) electrons. The van der Waals surface area contributed by atoms with Gasteiger partial charge < -0.3 is 4.98 Å². The van der Waals surface area contributed by atoms with Crippen molar-refractivity contribution in [3.05, 3.63) is 24.3 Å². The Bertz CT molecular complexity index is 620. The molecule has 0 aliphatic rings. The molecule has 1 heterocycles. The first-order valence-electron chi connectivity index (χ1n) is 4.43. The summed E-state index contributed by atoms with van der Waals surface area (Å²) in [5.74, 6) is -0.471. The Morgan fingerprint density at radius 1 is 1.44 bits per heavy atom. The van der Waals surface area contributed by atoms with Crippen molar-refractivity contribution < 1.29 is 8.42 Å². The molecule has 0 saturated carbocycles. The number of benzene rings is 1. The van der Waals surface area contributed by atoms with E-state index in [0.717, 1.165) is 5.52 Å². The Morgan fingerprint density at radius 2 is 2.19 bits per heavy atom. The summed E-state index contributed by atoms with van der Waals surface area (Å²) in [6.45, 7) is 0. The summed E-state index contributed by atoms with van der Waals surface area (Å²) in [6, 6.07) is 8.73. The first-order valence-corrected chi connectivity index (χ1v) is 6.08. The summed E-state index contributed by atoms with van der Waals surface area (Å²) in [5, 5.41) is 8.32. The minimum Gasteiger partial charge on any atom is -0.323 e. The molecule has 0 saturated heterocycles. The van der Waals surface area contributed by atoms with Gasteiger partial charge in [0.05, 0.1) is 17.1 Å². The first kappa shape index (κ1) is 10.4. The van der Waals surface area contributed by atoms with Crippen molar-refractivity contribution in [2.45, 2.75) is 0 Å². The first-order chi connectivity index (χ1) is 7.61. The molecule has 0 atom stereocenters. The van der Waals surface area contributed by atoms with Crippen molar-refractivity contribution >= 4 is 27.0 Å². The SMILES string of the molecule is N#CCS(=O)(=O)Nc1nc2ccccc2[nH]1. The summed E-state index contributed by atoms with van der Waals surface area (Å²) >= 11 is 0. The van der Waals surface area contributed by atoms with Gasteiger partial charge in [0.2, 0.25) is 16.0 Å². The molecule has 1 aromatic heterocycles. The van der Waals surface area contributed by atoms with Crippen LogP contribution in [-0.2, 0) is 10.0 Å². The standard InChI is InChI=1S/C9H8N4O2S/c10-5-6-16(14,15)13-9-11-7-3-1-2-4-8(7)12-9/h1-4H,6H2,(H2,11,12,13). The maximum absolute atomic E-state index is 11.3. The second-order valence-corrected chi connectivity index (χ2v) is 4.84. The van der Waals surface area contributed by atoms with E-state index in [1.165, 1.54) is 0 Å². The second kappa shape index (κ2) is 3.83. The quantitative estimate of drug-likeness (QED) is 0.824. The highest BCUT2D eigenvalue weighted by Gasteiger charge is 2.11. The number of nitrogens with one attached hydrogen (secondary N) is 2. The molecule has 0 aliphatic carbocycles. The lowest BCUT2D eigenvalue weighted by Gasteiger charge is -1.98. The van der Waals surface area contributed by atoms with E-state index in [9.17, 15) is 8.42 Å². The number of sulfonamides is 1. The lowest BCUT2D eigenvalue weighted by molar-refractivity contribution is 0.604. The number of hydrogen-bond donors (Lipinski definition) is 2. The van der Waals surface area contributed by atoms with Crippen LogP contribution in [0.15, 0.2) is 24.3 Å². The van der Waals surface area contributed by atoms with E-state index in [2.05, 4.69) is 14.7 Å². The molecule has 0 aliphatic heterocycles. The lowest BCUT2D eigenvalue weighted by Crippen LogP contribution is -2.16. The monoisotopic (exact) mass is 236 g/mol. The molecule has 6 nitrogen and oxygen atoms in total. The third-order valence-electron chi connectivity index (χ3n) is 1.90. The Labute approximate surface area is 92.0 Å². The minimum atomic E-state index is -3.64. The van der Waals surface area contributed by atoms with E-state index in [-0.39, 0.29) is 5.95 Å². The highest BCUT2D eigenvalue weighted by Crippen LogP contribution is 2.13. The molecule has 82 valence electrons. The van der Waals surface area contributed by atoms with Gasteiger partial charge in [-0.1, -0.05) is 12.1 Å². The predicted octanol–water partition coefficient (Wildman–Crippen LogP) is 0.828. The van der Waals surface area contributed by atoms with E-state index in [1.54, 1.807) is 24.3 Å². The molecule has 0 amide bonds. The van der Waals surface area contributed by atoms with Gasteiger partial charge in [0, 0.05) is 0 Å². The van der Waals surface area contributed by atoms with Crippen molar-refractivity contribution in [2.75, 3.05) is 10.5 Å². The van der Waals surface area contributed by atoms with Gasteiger partial charge in [-0.15, -0.1) is 0 Å². The van der Waals surface area contributed by atoms with Crippen molar-refractivity contribution in [3.8, 4) is 6.07 Å². The number of rotatable bonds is 3. The summed E-state index contributed by atoms with van der Waals surface area (Å²) in [4.78, 5) is 6.82. The van der Waals surface area contributed by atoms with Crippen LogP contribution in [0.5, 0.6) is 0 Å².